The van der Waals surface area contributed by atoms with E-state index in [-0.39, 0.29) is 21.9 Å². The van der Waals surface area contributed by atoms with E-state index in [2.05, 4.69) is 20.2 Å². The fourth-order valence-electron chi connectivity index (χ4n) is 2.24. The highest BCUT2D eigenvalue weighted by atomic mass is 32.2. The van der Waals surface area contributed by atoms with Gasteiger partial charge in [-0.1, -0.05) is 29.5 Å². The zero-order valence-corrected chi connectivity index (χ0v) is 17.4. The first-order valence-corrected chi connectivity index (χ1v) is 11.7. The molecule has 28 heavy (non-hydrogen) atoms. The molecule has 2 N–H and O–H groups in total. The second-order valence-electron chi connectivity index (χ2n) is 5.67. The van der Waals surface area contributed by atoms with Gasteiger partial charge in [0.25, 0.3) is 15.9 Å². The third-order valence-corrected chi connectivity index (χ3v) is 7.26. The summed E-state index contributed by atoms with van der Waals surface area (Å²) in [5, 5.41) is 10.1. The lowest BCUT2D eigenvalue weighted by molar-refractivity contribution is 0.102. The van der Waals surface area contributed by atoms with Crippen molar-refractivity contribution < 1.29 is 17.6 Å². The summed E-state index contributed by atoms with van der Waals surface area (Å²) >= 11 is 2.35. The van der Waals surface area contributed by atoms with Gasteiger partial charge >= 0.3 is 0 Å². The number of benzene rings is 1. The van der Waals surface area contributed by atoms with Crippen LogP contribution in [0.2, 0.25) is 0 Å². The highest BCUT2D eigenvalue weighted by Crippen LogP contribution is 2.21. The Kier molecular flexibility index (Phi) is 6.83. The Morgan fingerprint density at radius 1 is 1.21 bits per heavy atom. The molecule has 0 unspecified atom stereocenters. The van der Waals surface area contributed by atoms with Gasteiger partial charge in [0.1, 0.15) is 5.76 Å². The minimum atomic E-state index is -3.78. The van der Waals surface area contributed by atoms with E-state index < -0.39 is 10.0 Å². The van der Waals surface area contributed by atoms with Crippen molar-refractivity contribution in [2.24, 2.45) is 0 Å². The lowest BCUT2D eigenvalue weighted by Crippen LogP contribution is -2.26. The van der Waals surface area contributed by atoms with E-state index in [4.69, 9.17) is 4.42 Å². The summed E-state index contributed by atoms with van der Waals surface area (Å²) in [5.41, 5.74) is 1.31. The van der Waals surface area contributed by atoms with Crippen LogP contribution in [0.3, 0.4) is 0 Å². The molecule has 0 fully saturated rings. The number of sulfonamides is 1. The van der Waals surface area contributed by atoms with Crippen molar-refractivity contribution in [2.45, 2.75) is 17.0 Å². The second-order valence-corrected chi connectivity index (χ2v) is 9.70. The summed E-state index contributed by atoms with van der Waals surface area (Å²) in [7, 11) is -3.78. The van der Waals surface area contributed by atoms with E-state index in [1.165, 1.54) is 0 Å². The molecule has 3 aromatic rings. The molecule has 0 atom stereocenters. The minimum absolute atomic E-state index is 0.126. The van der Waals surface area contributed by atoms with Gasteiger partial charge in [-0.15, -0.1) is 10.2 Å². The first kappa shape index (κ1) is 20.5. The van der Waals surface area contributed by atoms with Crippen LogP contribution in [0.4, 0.5) is 5.13 Å². The smallest absolute Gasteiger partial charge is 0.269 e. The summed E-state index contributed by atoms with van der Waals surface area (Å²) < 4.78 is 32.1. The van der Waals surface area contributed by atoms with Crippen molar-refractivity contribution in [3.05, 3.63) is 59.5 Å². The average Bonchev–Trinajstić information content (AvgIpc) is 3.34. The van der Waals surface area contributed by atoms with Crippen molar-refractivity contribution in [3.8, 4) is 0 Å². The molecule has 0 saturated heterocycles. The third kappa shape index (κ3) is 5.41. The largest absolute Gasteiger partial charge is 0.468 e. The number of carbonyl (C=O) groups is 1. The van der Waals surface area contributed by atoms with Crippen molar-refractivity contribution in [3.63, 3.8) is 0 Å². The van der Waals surface area contributed by atoms with Crippen LogP contribution < -0.4 is 10.0 Å². The number of carbonyl (C=O) groups excluding carboxylic acids is 1. The fraction of sp³-hybridized carbons (Fsp3) is 0.235. The summed E-state index contributed by atoms with van der Waals surface area (Å²) in [6.45, 7) is 2.07. The van der Waals surface area contributed by atoms with Gasteiger partial charge in [0.05, 0.1) is 12.0 Å². The number of nitrogens with zero attached hydrogens (tertiary/aromatic N) is 2. The van der Waals surface area contributed by atoms with Crippen LogP contribution in [0.5, 0.6) is 0 Å². The number of furan rings is 1. The molecule has 8 nitrogen and oxygen atoms in total. The van der Waals surface area contributed by atoms with Crippen LogP contribution in [0.1, 0.15) is 21.7 Å². The molecule has 11 heteroatoms. The fourth-order valence-corrected chi connectivity index (χ4v) is 5.09. The Labute approximate surface area is 170 Å². The molecule has 3 rings (SSSR count). The standard InChI is InChI=1S/C17H18N4O4S3/c1-12-5-2-3-7-14(12)15(22)19-16-20-21-17(27-16)28(23,24)18-8-10-26-11-13-6-4-9-25-13/h2-7,9,18H,8,10-11H2,1H3,(H,19,20,22). The number of aromatic nitrogens is 2. The van der Waals surface area contributed by atoms with Crippen molar-refractivity contribution in [1.82, 2.24) is 14.9 Å². The second kappa shape index (κ2) is 9.32. The van der Waals surface area contributed by atoms with Crippen LogP contribution >= 0.6 is 23.1 Å². The predicted molar refractivity (Wildman–Crippen MR) is 109 cm³/mol. The summed E-state index contributed by atoms with van der Waals surface area (Å²) in [5.74, 6) is 1.73. The van der Waals surface area contributed by atoms with Crippen molar-refractivity contribution >= 4 is 44.2 Å². The van der Waals surface area contributed by atoms with Gasteiger partial charge in [0.2, 0.25) is 9.47 Å². The molecular weight excluding hydrogens is 420 g/mol. The average molecular weight is 439 g/mol. The molecule has 0 aliphatic rings. The Hall–Kier alpha value is -2.21. The number of hydrogen-bond donors (Lipinski definition) is 2. The maximum atomic E-state index is 12.3. The van der Waals surface area contributed by atoms with Gasteiger partial charge in [-0.05, 0) is 30.7 Å². The van der Waals surface area contributed by atoms with E-state index in [1.807, 2.05) is 31.2 Å². The van der Waals surface area contributed by atoms with E-state index in [1.54, 1.807) is 30.2 Å². The van der Waals surface area contributed by atoms with Gasteiger partial charge in [-0.2, -0.15) is 11.8 Å². The van der Waals surface area contributed by atoms with Crippen molar-refractivity contribution in [2.75, 3.05) is 17.6 Å². The van der Waals surface area contributed by atoms with E-state index >= 15 is 0 Å². The molecule has 2 heterocycles. The maximum Gasteiger partial charge on any atom is 0.269 e. The molecule has 1 amide bonds. The quantitative estimate of drug-likeness (QED) is 0.390. The molecule has 1 aromatic carbocycles. The number of aryl methyl sites for hydroxylation is 1. The van der Waals surface area contributed by atoms with Crippen LogP contribution in [0.15, 0.2) is 51.4 Å². The minimum Gasteiger partial charge on any atom is -0.468 e. The molecule has 2 aromatic heterocycles. The van der Waals surface area contributed by atoms with Crippen LogP contribution in [0, 0.1) is 6.92 Å². The third-order valence-electron chi connectivity index (χ3n) is 3.61. The lowest BCUT2D eigenvalue weighted by atomic mass is 10.1. The highest BCUT2D eigenvalue weighted by molar-refractivity contribution is 7.98. The van der Waals surface area contributed by atoms with Gasteiger partial charge in [-0.3, -0.25) is 10.1 Å². The zero-order chi connectivity index (χ0) is 20.0. The topological polar surface area (TPSA) is 114 Å². The molecule has 148 valence electrons. The number of hydrogen-bond acceptors (Lipinski definition) is 8. The van der Waals surface area contributed by atoms with Crippen molar-refractivity contribution in [1.29, 1.82) is 0 Å². The number of thioether (sulfide) groups is 1. The Morgan fingerprint density at radius 2 is 2.04 bits per heavy atom. The number of amides is 1. The maximum absolute atomic E-state index is 12.3. The summed E-state index contributed by atoms with van der Waals surface area (Å²) in [4.78, 5) is 12.3. The monoisotopic (exact) mass is 438 g/mol. The van der Waals surface area contributed by atoms with E-state index in [0.717, 1.165) is 22.7 Å². The van der Waals surface area contributed by atoms with Crippen LogP contribution in [-0.2, 0) is 15.8 Å². The lowest BCUT2D eigenvalue weighted by Gasteiger charge is -2.04. The molecule has 0 aliphatic carbocycles. The number of nitrogens with one attached hydrogen (secondary N) is 2. The number of anilines is 1. The van der Waals surface area contributed by atoms with Crippen LogP contribution in [0.25, 0.3) is 0 Å². The number of rotatable bonds is 9. The van der Waals surface area contributed by atoms with Gasteiger partial charge in [-0.25, -0.2) is 13.1 Å². The zero-order valence-electron chi connectivity index (χ0n) is 14.9. The molecule has 0 radical (unpaired) electrons. The Morgan fingerprint density at radius 3 is 2.79 bits per heavy atom. The van der Waals surface area contributed by atoms with E-state index in [9.17, 15) is 13.2 Å². The van der Waals surface area contributed by atoms with Crippen LogP contribution in [-0.4, -0.2) is 36.8 Å². The van der Waals surface area contributed by atoms with Gasteiger partial charge < -0.3 is 4.42 Å². The molecule has 0 spiro atoms. The molecule has 0 saturated carbocycles. The van der Waals surface area contributed by atoms with E-state index in [0.29, 0.717) is 17.1 Å². The van der Waals surface area contributed by atoms with Gasteiger partial charge in [0, 0.05) is 17.9 Å². The Balaban J connectivity index is 1.51. The normalized spacial score (nSPS) is 11.5. The van der Waals surface area contributed by atoms with Gasteiger partial charge in [0.15, 0.2) is 0 Å². The molecular formula is C17H18N4O4S3. The molecule has 0 aliphatic heterocycles. The first-order valence-electron chi connectivity index (χ1n) is 8.26. The Bertz CT molecular complexity index is 1030. The first-order chi connectivity index (χ1) is 13.5. The molecule has 0 bridgehead atoms. The SMILES string of the molecule is Cc1ccccc1C(=O)Nc1nnc(S(=O)(=O)NCCSCc2ccco2)s1. The summed E-state index contributed by atoms with van der Waals surface area (Å²) in [6, 6.07) is 10.8. The summed E-state index contributed by atoms with van der Waals surface area (Å²) in [6.07, 6.45) is 1.60. The predicted octanol–water partition coefficient (Wildman–Crippen LogP) is 2.90. The highest BCUT2D eigenvalue weighted by Gasteiger charge is 2.21.